The Balaban J connectivity index is 2.93. The van der Waals surface area contributed by atoms with Crippen molar-refractivity contribution in [2.24, 2.45) is 0 Å². The Labute approximate surface area is 107 Å². The van der Waals surface area contributed by atoms with Gasteiger partial charge in [0.05, 0.1) is 20.3 Å². The number of nitrogens with zero attached hydrogens (tertiary/aromatic N) is 1. The molecule has 0 saturated heterocycles. The maximum absolute atomic E-state index is 12.2. The number of methoxy groups -OCH3 is 1. The predicted molar refractivity (Wildman–Crippen MR) is 67.8 cm³/mol. The van der Waals surface area contributed by atoms with Crippen molar-refractivity contribution >= 4 is 5.91 Å². The normalized spacial score (nSPS) is 10.2. The minimum Gasteiger partial charge on any atom is -0.496 e. The quantitative estimate of drug-likeness (QED) is 0.771. The molecule has 5 heteroatoms. The van der Waals surface area contributed by atoms with E-state index in [-0.39, 0.29) is 32.2 Å². The highest BCUT2D eigenvalue weighted by atomic mass is 16.5. The Kier molecular flexibility index (Phi) is 5.61. The van der Waals surface area contributed by atoms with Crippen molar-refractivity contribution in [3.63, 3.8) is 0 Å². The second-order valence-corrected chi connectivity index (χ2v) is 3.92. The average molecular weight is 253 g/mol. The van der Waals surface area contributed by atoms with Crippen LogP contribution in [0.4, 0.5) is 0 Å². The van der Waals surface area contributed by atoms with E-state index in [2.05, 4.69) is 0 Å². The molecule has 0 unspecified atom stereocenters. The fourth-order valence-corrected chi connectivity index (χ4v) is 1.69. The predicted octanol–water partition coefficient (Wildman–Crippen LogP) is 0.430. The molecule has 2 N–H and O–H groups in total. The van der Waals surface area contributed by atoms with E-state index in [4.69, 9.17) is 14.9 Å². The standard InChI is InChI=1S/C13H19NO4/c1-10-3-4-11(9-12(10)18-2)13(17)14(5-7-15)6-8-16/h3-4,9,15-16H,5-8H2,1-2H3. The van der Waals surface area contributed by atoms with Gasteiger partial charge in [0.25, 0.3) is 5.91 Å². The number of aliphatic hydroxyl groups is 2. The molecule has 0 aliphatic carbocycles. The molecule has 1 amide bonds. The molecule has 18 heavy (non-hydrogen) atoms. The summed E-state index contributed by atoms with van der Waals surface area (Å²) in [6.07, 6.45) is 0. The lowest BCUT2D eigenvalue weighted by molar-refractivity contribution is 0.0684. The second-order valence-electron chi connectivity index (χ2n) is 3.92. The van der Waals surface area contributed by atoms with Gasteiger partial charge in [0.15, 0.2) is 0 Å². The van der Waals surface area contributed by atoms with Crippen molar-refractivity contribution < 1.29 is 19.7 Å². The number of rotatable bonds is 6. The first-order valence-corrected chi connectivity index (χ1v) is 5.79. The van der Waals surface area contributed by atoms with Crippen molar-refractivity contribution in [3.8, 4) is 5.75 Å². The zero-order valence-corrected chi connectivity index (χ0v) is 10.7. The van der Waals surface area contributed by atoms with Gasteiger partial charge in [-0.25, -0.2) is 0 Å². The van der Waals surface area contributed by atoms with E-state index in [0.29, 0.717) is 11.3 Å². The van der Waals surface area contributed by atoms with E-state index in [0.717, 1.165) is 5.56 Å². The van der Waals surface area contributed by atoms with Crippen molar-refractivity contribution in [1.29, 1.82) is 0 Å². The first-order chi connectivity index (χ1) is 8.63. The third kappa shape index (κ3) is 3.45. The Morgan fingerprint density at radius 3 is 2.39 bits per heavy atom. The number of hydrogen-bond donors (Lipinski definition) is 2. The van der Waals surface area contributed by atoms with Crippen LogP contribution in [0.2, 0.25) is 0 Å². The van der Waals surface area contributed by atoms with Crippen LogP contribution in [0.1, 0.15) is 15.9 Å². The third-order valence-electron chi connectivity index (χ3n) is 2.68. The molecule has 0 saturated carbocycles. The van der Waals surface area contributed by atoms with Crippen molar-refractivity contribution in [2.45, 2.75) is 6.92 Å². The minimum absolute atomic E-state index is 0.130. The lowest BCUT2D eigenvalue weighted by Gasteiger charge is -2.21. The first-order valence-electron chi connectivity index (χ1n) is 5.79. The summed E-state index contributed by atoms with van der Waals surface area (Å²) in [5.74, 6) is 0.421. The van der Waals surface area contributed by atoms with Crippen LogP contribution in [0.25, 0.3) is 0 Å². The highest BCUT2D eigenvalue weighted by Gasteiger charge is 2.15. The van der Waals surface area contributed by atoms with Crippen LogP contribution < -0.4 is 4.74 Å². The summed E-state index contributed by atoms with van der Waals surface area (Å²) in [7, 11) is 1.55. The second kappa shape index (κ2) is 6.98. The maximum atomic E-state index is 12.2. The summed E-state index contributed by atoms with van der Waals surface area (Å²) >= 11 is 0. The number of carbonyl (C=O) groups excluding carboxylic acids is 1. The van der Waals surface area contributed by atoms with Gasteiger partial charge in [-0.3, -0.25) is 4.79 Å². The molecule has 100 valence electrons. The summed E-state index contributed by atoms with van der Waals surface area (Å²) in [6.45, 7) is 2.04. The van der Waals surface area contributed by atoms with Crippen LogP contribution in [0.15, 0.2) is 18.2 Å². The van der Waals surface area contributed by atoms with Gasteiger partial charge in [-0.05, 0) is 24.6 Å². The van der Waals surface area contributed by atoms with Crippen LogP contribution in [0.3, 0.4) is 0 Å². The van der Waals surface area contributed by atoms with Crippen molar-refractivity contribution in [1.82, 2.24) is 4.90 Å². The topological polar surface area (TPSA) is 70.0 Å². The largest absolute Gasteiger partial charge is 0.496 e. The monoisotopic (exact) mass is 253 g/mol. The molecule has 1 aromatic carbocycles. The third-order valence-corrected chi connectivity index (χ3v) is 2.68. The van der Waals surface area contributed by atoms with Crippen LogP contribution >= 0.6 is 0 Å². The SMILES string of the molecule is COc1cc(C(=O)N(CCO)CCO)ccc1C. The van der Waals surface area contributed by atoms with Crippen LogP contribution in [-0.2, 0) is 0 Å². The van der Waals surface area contributed by atoms with E-state index >= 15 is 0 Å². The zero-order chi connectivity index (χ0) is 13.5. The molecule has 0 bridgehead atoms. The van der Waals surface area contributed by atoms with Crippen LogP contribution in [0, 0.1) is 6.92 Å². The number of aliphatic hydroxyl groups excluding tert-OH is 2. The van der Waals surface area contributed by atoms with Crippen LogP contribution in [0.5, 0.6) is 5.75 Å². The van der Waals surface area contributed by atoms with Crippen molar-refractivity contribution in [3.05, 3.63) is 29.3 Å². The fourth-order valence-electron chi connectivity index (χ4n) is 1.69. The van der Waals surface area contributed by atoms with Gasteiger partial charge in [0.1, 0.15) is 5.75 Å². The molecule has 5 nitrogen and oxygen atoms in total. The summed E-state index contributed by atoms with van der Waals surface area (Å²) in [6, 6.07) is 5.18. The van der Waals surface area contributed by atoms with Gasteiger partial charge in [0, 0.05) is 18.7 Å². The smallest absolute Gasteiger partial charge is 0.254 e. The fraction of sp³-hybridized carbons (Fsp3) is 0.462. The average Bonchev–Trinajstić information content (AvgIpc) is 2.38. The lowest BCUT2D eigenvalue weighted by Crippen LogP contribution is -2.35. The van der Waals surface area contributed by atoms with E-state index in [1.165, 1.54) is 4.90 Å². The summed E-state index contributed by atoms with van der Waals surface area (Å²) in [4.78, 5) is 13.6. The molecule has 0 atom stereocenters. The zero-order valence-electron chi connectivity index (χ0n) is 10.7. The molecule has 0 spiro atoms. The summed E-state index contributed by atoms with van der Waals surface area (Å²) in [5, 5.41) is 17.8. The van der Waals surface area contributed by atoms with Gasteiger partial charge < -0.3 is 19.8 Å². The number of hydrogen-bond acceptors (Lipinski definition) is 4. The maximum Gasteiger partial charge on any atom is 0.254 e. The Hall–Kier alpha value is -1.59. The van der Waals surface area contributed by atoms with E-state index in [1.807, 2.05) is 13.0 Å². The number of amides is 1. The molecule has 0 fully saturated rings. The van der Waals surface area contributed by atoms with Gasteiger partial charge in [0.2, 0.25) is 0 Å². The first kappa shape index (κ1) is 14.5. The lowest BCUT2D eigenvalue weighted by atomic mass is 10.1. The van der Waals surface area contributed by atoms with Gasteiger partial charge >= 0.3 is 0 Å². The number of ether oxygens (including phenoxy) is 1. The molecule has 0 aliphatic heterocycles. The molecule has 0 radical (unpaired) electrons. The van der Waals surface area contributed by atoms with E-state index in [1.54, 1.807) is 19.2 Å². The van der Waals surface area contributed by atoms with Gasteiger partial charge in [-0.1, -0.05) is 6.07 Å². The molecule has 0 aromatic heterocycles. The van der Waals surface area contributed by atoms with E-state index < -0.39 is 0 Å². The highest BCUT2D eigenvalue weighted by Crippen LogP contribution is 2.19. The molecule has 1 rings (SSSR count). The summed E-state index contributed by atoms with van der Waals surface area (Å²) in [5.41, 5.74) is 1.43. The molecular weight excluding hydrogens is 234 g/mol. The molecule has 1 aromatic rings. The van der Waals surface area contributed by atoms with Crippen molar-refractivity contribution in [2.75, 3.05) is 33.4 Å². The summed E-state index contributed by atoms with van der Waals surface area (Å²) < 4.78 is 5.17. The van der Waals surface area contributed by atoms with E-state index in [9.17, 15) is 4.79 Å². The number of benzene rings is 1. The Morgan fingerprint density at radius 2 is 1.89 bits per heavy atom. The van der Waals surface area contributed by atoms with Crippen LogP contribution in [-0.4, -0.2) is 54.4 Å². The molecule has 0 heterocycles. The van der Waals surface area contributed by atoms with Gasteiger partial charge in [-0.15, -0.1) is 0 Å². The van der Waals surface area contributed by atoms with Gasteiger partial charge in [-0.2, -0.15) is 0 Å². The minimum atomic E-state index is -0.226. The Morgan fingerprint density at radius 1 is 1.28 bits per heavy atom. The highest BCUT2D eigenvalue weighted by molar-refractivity contribution is 5.94. The molecule has 0 aliphatic rings. The molecular formula is C13H19NO4. The number of aryl methyl sites for hydroxylation is 1. The Bertz CT molecular complexity index is 400. The number of carbonyl (C=O) groups is 1.